The maximum Gasteiger partial charge on any atom is 0.253 e. The minimum atomic E-state index is -0.485. The molecule has 1 saturated heterocycles. The second kappa shape index (κ2) is 13.0. The van der Waals surface area contributed by atoms with E-state index >= 15 is 0 Å². The lowest BCUT2D eigenvalue weighted by molar-refractivity contribution is -0.146. The summed E-state index contributed by atoms with van der Waals surface area (Å²) in [5, 5.41) is 3.27. The molecular formula is C28H38N2O7. The number of amides is 1. The largest absolute Gasteiger partial charge is 0.496 e. The third-order valence-electron chi connectivity index (χ3n) is 6.65. The van der Waals surface area contributed by atoms with Crippen LogP contribution in [-0.2, 0) is 20.8 Å². The van der Waals surface area contributed by atoms with Gasteiger partial charge in [0.1, 0.15) is 17.6 Å². The van der Waals surface area contributed by atoms with E-state index in [4.69, 9.17) is 28.4 Å². The Labute approximate surface area is 218 Å². The third kappa shape index (κ3) is 6.47. The van der Waals surface area contributed by atoms with E-state index in [9.17, 15) is 4.79 Å². The Hall–Kier alpha value is -3.01. The molecule has 2 fully saturated rings. The summed E-state index contributed by atoms with van der Waals surface area (Å²) in [5.41, 5.74) is 2.57. The van der Waals surface area contributed by atoms with Crippen molar-refractivity contribution < 1.29 is 33.2 Å². The summed E-state index contributed by atoms with van der Waals surface area (Å²) >= 11 is 0. The van der Waals surface area contributed by atoms with Crippen molar-refractivity contribution in [2.45, 2.75) is 38.0 Å². The molecule has 1 amide bonds. The topological polar surface area (TPSA) is 87.7 Å². The highest BCUT2D eigenvalue weighted by atomic mass is 16.5. The van der Waals surface area contributed by atoms with Crippen LogP contribution < -0.4 is 24.3 Å². The van der Waals surface area contributed by atoms with Crippen LogP contribution in [0.25, 0.3) is 11.1 Å². The molecule has 2 aromatic carbocycles. The molecule has 2 aliphatic rings. The van der Waals surface area contributed by atoms with E-state index in [1.807, 2.05) is 35.2 Å². The normalized spacial score (nSPS) is 17.2. The second-order valence-electron chi connectivity index (χ2n) is 9.15. The first-order valence-corrected chi connectivity index (χ1v) is 12.8. The van der Waals surface area contributed by atoms with Crippen LogP contribution >= 0.6 is 0 Å². The fourth-order valence-electron chi connectivity index (χ4n) is 4.61. The molecular weight excluding hydrogens is 476 g/mol. The van der Waals surface area contributed by atoms with Gasteiger partial charge >= 0.3 is 0 Å². The molecule has 0 unspecified atom stereocenters. The number of nitrogens with one attached hydrogen (secondary N) is 1. The summed E-state index contributed by atoms with van der Waals surface area (Å²) in [6.07, 6.45) is 2.22. The lowest BCUT2D eigenvalue weighted by atomic mass is 9.96. The number of rotatable bonds is 13. The minimum absolute atomic E-state index is 0.00558. The number of hydrogen-bond acceptors (Lipinski definition) is 8. The number of benzene rings is 2. The average molecular weight is 515 g/mol. The zero-order valence-corrected chi connectivity index (χ0v) is 22.2. The predicted molar refractivity (Wildman–Crippen MR) is 140 cm³/mol. The van der Waals surface area contributed by atoms with E-state index in [1.54, 1.807) is 28.4 Å². The van der Waals surface area contributed by atoms with Gasteiger partial charge in [-0.05, 0) is 48.2 Å². The average Bonchev–Trinajstić information content (AvgIpc) is 3.79. The van der Waals surface area contributed by atoms with Crippen LogP contribution in [0, 0.1) is 0 Å². The second-order valence-corrected chi connectivity index (χ2v) is 9.15. The van der Waals surface area contributed by atoms with Crippen molar-refractivity contribution in [2.75, 3.05) is 61.3 Å². The van der Waals surface area contributed by atoms with Gasteiger partial charge in [0.15, 0.2) is 11.5 Å². The molecule has 1 N–H and O–H groups in total. The molecule has 202 valence electrons. The van der Waals surface area contributed by atoms with Crippen LogP contribution in [0.4, 0.5) is 0 Å². The minimum Gasteiger partial charge on any atom is -0.496 e. The monoisotopic (exact) mass is 514 g/mol. The molecule has 1 aliphatic heterocycles. The first-order valence-electron chi connectivity index (χ1n) is 12.8. The molecule has 1 saturated carbocycles. The van der Waals surface area contributed by atoms with E-state index in [0.717, 1.165) is 42.5 Å². The van der Waals surface area contributed by atoms with Crippen molar-refractivity contribution in [1.82, 2.24) is 10.2 Å². The van der Waals surface area contributed by atoms with Gasteiger partial charge in [-0.1, -0.05) is 6.07 Å². The molecule has 0 spiro atoms. The van der Waals surface area contributed by atoms with Crippen molar-refractivity contribution in [2.24, 2.45) is 0 Å². The Balaban J connectivity index is 1.77. The van der Waals surface area contributed by atoms with E-state index in [2.05, 4.69) is 5.32 Å². The Morgan fingerprint density at radius 3 is 2.32 bits per heavy atom. The van der Waals surface area contributed by atoms with Gasteiger partial charge in [-0.3, -0.25) is 4.79 Å². The third-order valence-corrected chi connectivity index (χ3v) is 6.65. The van der Waals surface area contributed by atoms with Gasteiger partial charge in [0.25, 0.3) is 5.91 Å². The smallest absolute Gasteiger partial charge is 0.253 e. The van der Waals surface area contributed by atoms with Gasteiger partial charge in [0.2, 0.25) is 0 Å². The summed E-state index contributed by atoms with van der Waals surface area (Å²) in [4.78, 5) is 15.5. The van der Waals surface area contributed by atoms with Crippen molar-refractivity contribution in [1.29, 1.82) is 0 Å². The number of hydrogen-bond donors (Lipinski definition) is 1. The van der Waals surface area contributed by atoms with E-state index in [0.29, 0.717) is 55.9 Å². The number of ether oxygens (including phenoxy) is 6. The van der Waals surface area contributed by atoms with Crippen LogP contribution in [0.1, 0.15) is 24.8 Å². The van der Waals surface area contributed by atoms with Crippen LogP contribution in [0.15, 0.2) is 30.3 Å². The van der Waals surface area contributed by atoms with Gasteiger partial charge in [0, 0.05) is 45.8 Å². The van der Waals surface area contributed by atoms with Gasteiger partial charge in [-0.2, -0.15) is 0 Å². The quantitative estimate of drug-likeness (QED) is 0.408. The molecule has 0 bridgehead atoms. The molecule has 1 aliphatic carbocycles. The van der Waals surface area contributed by atoms with Crippen LogP contribution in [0.3, 0.4) is 0 Å². The summed E-state index contributed by atoms with van der Waals surface area (Å²) in [6, 6.07) is 9.78. The van der Waals surface area contributed by atoms with E-state index in [1.165, 1.54) is 0 Å². The molecule has 0 aromatic heterocycles. The van der Waals surface area contributed by atoms with Crippen molar-refractivity contribution in [3.8, 4) is 34.1 Å². The lowest BCUT2D eigenvalue weighted by Crippen LogP contribution is -2.49. The van der Waals surface area contributed by atoms with Crippen LogP contribution in [0.2, 0.25) is 0 Å². The van der Waals surface area contributed by atoms with Crippen molar-refractivity contribution in [3.05, 3.63) is 35.9 Å². The maximum absolute atomic E-state index is 13.6. The zero-order chi connectivity index (χ0) is 26.2. The first kappa shape index (κ1) is 27.0. The lowest BCUT2D eigenvalue weighted by Gasteiger charge is -2.31. The van der Waals surface area contributed by atoms with Gasteiger partial charge in [-0.25, -0.2) is 0 Å². The summed E-state index contributed by atoms with van der Waals surface area (Å²) in [6.45, 7) is 3.29. The van der Waals surface area contributed by atoms with Crippen LogP contribution in [-0.4, -0.2) is 84.3 Å². The standard InChI is InChI=1S/C28H38N2O7/c1-32-12-6-13-36-25-15-19(18-30(20-9-10-20)28(31)26-17-29-11-14-37-26)21(16-24(25)35-4)27-22(33-2)7-5-8-23(27)34-3/h5,7-8,15-16,20,26,29H,6,9-14,17-18H2,1-4H3/t26-/m1/s1. The zero-order valence-electron chi connectivity index (χ0n) is 22.2. The van der Waals surface area contributed by atoms with Crippen molar-refractivity contribution >= 4 is 5.91 Å². The molecule has 37 heavy (non-hydrogen) atoms. The Bertz CT molecular complexity index is 1030. The highest BCUT2D eigenvalue weighted by Gasteiger charge is 2.37. The van der Waals surface area contributed by atoms with Crippen LogP contribution in [0.5, 0.6) is 23.0 Å². The fraction of sp³-hybridized carbons (Fsp3) is 0.536. The maximum atomic E-state index is 13.6. The van der Waals surface area contributed by atoms with E-state index < -0.39 is 6.10 Å². The highest BCUT2D eigenvalue weighted by molar-refractivity contribution is 5.84. The number of methoxy groups -OCH3 is 4. The number of nitrogens with zero attached hydrogens (tertiary/aromatic N) is 1. The Kier molecular flexibility index (Phi) is 9.49. The van der Waals surface area contributed by atoms with Gasteiger partial charge in [-0.15, -0.1) is 0 Å². The summed E-state index contributed by atoms with van der Waals surface area (Å²) in [7, 11) is 6.56. The van der Waals surface area contributed by atoms with Crippen molar-refractivity contribution in [3.63, 3.8) is 0 Å². The molecule has 2 aromatic rings. The number of morpholine rings is 1. The summed E-state index contributed by atoms with van der Waals surface area (Å²) < 4.78 is 34.2. The van der Waals surface area contributed by atoms with E-state index in [-0.39, 0.29) is 11.9 Å². The first-order chi connectivity index (χ1) is 18.1. The highest BCUT2D eigenvalue weighted by Crippen LogP contribution is 2.45. The predicted octanol–water partition coefficient (Wildman–Crippen LogP) is 3.27. The number of carbonyl (C=O) groups excluding carboxylic acids is 1. The Morgan fingerprint density at radius 1 is 1.00 bits per heavy atom. The van der Waals surface area contributed by atoms with Gasteiger partial charge < -0.3 is 38.6 Å². The van der Waals surface area contributed by atoms with Gasteiger partial charge in [0.05, 0.1) is 40.1 Å². The molecule has 1 atom stereocenters. The fourth-order valence-corrected chi connectivity index (χ4v) is 4.61. The Morgan fingerprint density at radius 2 is 1.73 bits per heavy atom. The molecule has 9 heteroatoms. The molecule has 4 rings (SSSR count). The molecule has 9 nitrogen and oxygen atoms in total. The SMILES string of the molecule is COCCCOc1cc(CN(C(=O)[C@H]2CNCCO2)C2CC2)c(-c2c(OC)cccc2OC)cc1OC. The summed E-state index contributed by atoms with van der Waals surface area (Å²) in [5.74, 6) is 2.55. The number of carbonyl (C=O) groups is 1. The molecule has 1 heterocycles. The molecule has 0 radical (unpaired) electrons.